The van der Waals surface area contributed by atoms with Crippen molar-refractivity contribution in [3.63, 3.8) is 0 Å². The molecule has 1 heterocycles. The minimum Gasteiger partial charge on any atom is -0.324 e. The molecule has 3 unspecified atom stereocenters. The molecular weight excluding hydrogens is 504 g/mol. The van der Waals surface area contributed by atoms with Gasteiger partial charge in [-0.1, -0.05) is 62.4 Å². The number of benzene rings is 1. The number of hydrogen-bond donors (Lipinski definition) is 1. The molecule has 7 heteroatoms. The van der Waals surface area contributed by atoms with E-state index >= 15 is 0 Å². The van der Waals surface area contributed by atoms with E-state index in [1.165, 1.54) is 6.07 Å². The molecule has 0 fully saturated rings. The Bertz CT molecular complexity index is 796. The first-order valence-corrected chi connectivity index (χ1v) is 13.1. The molecule has 0 aliphatic carbocycles. The Morgan fingerprint density at radius 2 is 1.94 bits per heavy atom. The van der Waals surface area contributed by atoms with E-state index in [1.807, 2.05) is 6.07 Å². The first-order valence-electron chi connectivity index (χ1n) is 11.6. The predicted molar refractivity (Wildman–Crippen MR) is 135 cm³/mol. The van der Waals surface area contributed by atoms with Gasteiger partial charge in [0.25, 0.3) is 0 Å². The van der Waals surface area contributed by atoms with Crippen LogP contribution in [0.3, 0.4) is 0 Å². The summed E-state index contributed by atoms with van der Waals surface area (Å²) in [7, 11) is 0. The third kappa shape index (κ3) is 6.96. The highest BCUT2D eigenvalue weighted by atomic mass is 127. The molecule has 0 radical (unpaired) electrons. The maximum atomic E-state index is 13.6. The van der Waals surface area contributed by atoms with Gasteiger partial charge in [-0.2, -0.15) is 0 Å². The van der Waals surface area contributed by atoms with Crippen molar-refractivity contribution in [1.82, 2.24) is 19.7 Å². The molecule has 1 aromatic carbocycles. The number of rotatable bonds is 13. The Kier molecular flexibility index (Phi) is 10.9. The number of nitrogens with two attached hydrogens (primary N) is 1. The number of aromatic nitrogens is 3. The van der Waals surface area contributed by atoms with Crippen LogP contribution in [0.4, 0.5) is 4.39 Å². The Balaban J connectivity index is 2.10. The number of nitrogens with zero attached hydrogens (tertiary/aromatic N) is 4. The Morgan fingerprint density at radius 3 is 2.52 bits per heavy atom. The summed E-state index contributed by atoms with van der Waals surface area (Å²) in [5.41, 5.74) is 7.26. The standard InChI is InChI=1S/C24H39FIN5/c1-6-21(15-22(7-2)31-18(5)28-29-24(31)17(4)16-26)30(8-3)13-12-23(27)19-10-9-11-20(25)14-19/h9-11,14,17,21-23H,6-8,12-13,15-16,27H2,1-5H3/t17?,21?,22?,23-/m0/s1. The lowest BCUT2D eigenvalue weighted by molar-refractivity contribution is 0.163. The maximum absolute atomic E-state index is 13.6. The second kappa shape index (κ2) is 12.8. The van der Waals surface area contributed by atoms with Gasteiger partial charge in [0.2, 0.25) is 0 Å². The summed E-state index contributed by atoms with van der Waals surface area (Å²) in [5, 5.41) is 8.90. The molecule has 5 nitrogen and oxygen atoms in total. The van der Waals surface area contributed by atoms with Gasteiger partial charge in [-0.25, -0.2) is 4.39 Å². The van der Waals surface area contributed by atoms with Crippen molar-refractivity contribution in [2.24, 2.45) is 5.73 Å². The van der Waals surface area contributed by atoms with Crippen LogP contribution in [-0.4, -0.2) is 43.2 Å². The molecule has 2 rings (SSSR count). The molecule has 0 spiro atoms. The van der Waals surface area contributed by atoms with Crippen molar-refractivity contribution in [1.29, 1.82) is 0 Å². The van der Waals surface area contributed by atoms with E-state index in [1.54, 1.807) is 12.1 Å². The van der Waals surface area contributed by atoms with Crippen molar-refractivity contribution in [2.45, 2.75) is 84.3 Å². The van der Waals surface area contributed by atoms with Crippen molar-refractivity contribution in [3.05, 3.63) is 47.3 Å². The van der Waals surface area contributed by atoms with Gasteiger partial charge >= 0.3 is 0 Å². The lowest BCUT2D eigenvalue weighted by atomic mass is 9.98. The highest BCUT2D eigenvalue weighted by molar-refractivity contribution is 14.1. The van der Waals surface area contributed by atoms with Crippen LogP contribution in [-0.2, 0) is 0 Å². The Hall–Kier alpha value is -1.06. The summed E-state index contributed by atoms with van der Waals surface area (Å²) in [6.45, 7) is 12.9. The molecule has 2 N–H and O–H groups in total. The van der Waals surface area contributed by atoms with E-state index in [0.717, 1.165) is 60.4 Å². The number of aryl methyl sites for hydroxylation is 1. The molecule has 0 saturated heterocycles. The van der Waals surface area contributed by atoms with Crippen LogP contribution in [0.15, 0.2) is 24.3 Å². The fourth-order valence-electron chi connectivity index (χ4n) is 4.39. The zero-order valence-corrected chi connectivity index (χ0v) is 21.8. The lowest BCUT2D eigenvalue weighted by Crippen LogP contribution is -2.38. The predicted octanol–water partition coefficient (Wildman–Crippen LogP) is 5.80. The van der Waals surface area contributed by atoms with Crippen LogP contribution in [0.5, 0.6) is 0 Å². The minimum absolute atomic E-state index is 0.152. The largest absolute Gasteiger partial charge is 0.324 e. The summed E-state index contributed by atoms with van der Waals surface area (Å²) < 4.78 is 17.0. The van der Waals surface area contributed by atoms with Crippen LogP contribution in [0, 0.1) is 12.7 Å². The van der Waals surface area contributed by atoms with Gasteiger partial charge in [-0.15, -0.1) is 10.2 Å². The van der Waals surface area contributed by atoms with Crippen LogP contribution in [0.25, 0.3) is 0 Å². The second-order valence-electron chi connectivity index (χ2n) is 8.47. The first-order chi connectivity index (χ1) is 14.9. The summed E-state index contributed by atoms with van der Waals surface area (Å²) in [6.07, 6.45) is 4.01. The number of halogens is 2. The molecule has 174 valence electrons. The van der Waals surface area contributed by atoms with Crippen molar-refractivity contribution in [3.8, 4) is 0 Å². The van der Waals surface area contributed by atoms with E-state index < -0.39 is 0 Å². The van der Waals surface area contributed by atoms with Crippen molar-refractivity contribution >= 4 is 22.6 Å². The normalized spacial score (nSPS) is 15.8. The average molecular weight is 544 g/mol. The van der Waals surface area contributed by atoms with Gasteiger partial charge in [0.1, 0.15) is 17.5 Å². The highest BCUT2D eigenvalue weighted by Crippen LogP contribution is 2.29. The van der Waals surface area contributed by atoms with Crippen LogP contribution in [0.2, 0.25) is 0 Å². The van der Waals surface area contributed by atoms with Crippen molar-refractivity contribution in [2.75, 3.05) is 17.5 Å². The Labute approximate surface area is 201 Å². The van der Waals surface area contributed by atoms with Crippen molar-refractivity contribution < 1.29 is 4.39 Å². The number of hydrogen-bond acceptors (Lipinski definition) is 4. The monoisotopic (exact) mass is 543 g/mol. The van der Waals surface area contributed by atoms with E-state index in [2.05, 4.69) is 76.9 Å². The van der Waals surface area contributed by atoms with E-state index in [4.69, 9.17) is 5.73 Å². The zero-order valence-electron chi connectivity index (χ0n) is 19.7. The van der Waals surface area contributed by atoms with Crippen LogP contribution < -0.4 is 5.73 Å². The maximum Gasteiger partial charge on any atom is 0.136 e. The molecule has 2 aromatic rings. The molecule has 0 aliphatic heterocycles. The summed E-state index contributed by atoms with van der Waals surface area (Å²) in [6, 6.07) is 7.35. The van der Waals surface area contributed by atoms with Gasteiger partial charge in [0, 0.05) is 35.0 Å². The third-order valence-electron chi connectivity index (χ3n) is 6.34. The molecule has 0 bridgehead atoms. The van der Waals surface area contributed by atoms with Gasteiger partial charge in [-0.3, -0.25) is 0 Å². The molecule has 31 heavy (non-hydrogen) atoms. The average Bonchev–Trinajstić information content (AvgIpc) is 3.16. The molecule has 0 saturated carbocycles. The molecule has 4 atom stereocenters. The van der Waals surface area contributed by atoms with Gasteiger partial charge in [0.15, 0.2) is 0 Å². The SMILES string of the molecule is CCC(CC(CC)n1c(C)nnc1C(C)CI)N(CC)CC[C@H](N)c1cccc(F)c1. The van der Waals surface area contributed by atoms with Gasteiger partial charge in [0.05, 0.1) is 0 Å². The van der Waals surface area contributed by atoms with E-state index in [0.29, 0.717) is 18.0 Å². The van der Waals surface area contributed by atoms with E-state index in [9.17, 15) is 4.39 Å². The highest BCUT2D eigenvalue weighted by Gasteiger charge is 2.26. The second-order valence-corrected chi connectivity index (χ2v) is 9.35. The first kappa shape index (κ1) is 26.2. The lowest BCUT2D eigenvalue weighted by Gasteiger charge is -2.34. The summed E-state index contributed by atoms with van der Waals surface area (Å²) in [5.74, 6) is 2.27. The van der Waals surface area contributed by atoms with E-state index in [-0.39, 0.29) is 11.9 Å². The van der Waals surface area contributed by atoms with Gasteiger partial charge < -0.3 is 15.2 Å². The molecule has 1 aromatic heterocycles. The smallest absolute Gasteiger partial charge is 0.136 e. The topological polar surface area (TPSA) is 60.0 Å². The van der Waals surface area contributed by atoms with Crippen LogP contribution >= 0.6 is 22.6 Å². The zero-order chi connectivity index (χ0) is 23.0. The molecular formula is C24H39FIN5. The summed E-state index contributed by atoms with van der Waals surface area (Å²) in [4.78, 5) is 2.53. The third-order valence-corrected chi connectivity index (χ3v) is 7.66. The fraction of sp³-hybridized carbons (Fsp3) is 0.667. The molecule has 0 aliphatic rings. The summed E-state index contributed by atoms with van der Waals surface area (Å²) >= 11 is 2.43. The Morgan fingerprint density at radius 1 is 1.19 bits per heavy atom. The fourth-order valence-corrected chi connectivity index (χ4v) is 4.79. The van der Waals surface area contributed by atoms with Gasteiger partial charge in [-0.05, 0) is 56.8 Å². The minimum atomic E-state index is -0.224. The molecule has 0 amide bonds. The number of alkyl halides is 1. The quantitative estimate of drug-likeness (QED) is 0.257. The van der Waals surface area contributed by atoms with Crippen LogP contribution in [0.1, 0.15) is 88.6 Å².